The SMILES string of the molecule is O=C(NCc1cn(-c2cccc(Cl)c2Cl)nn1)c1ccc([N+](=O)[O-])o1. The van der Waals surface area contributed by atoms with E-state index in [-0.39, 0.29) is 12.3 Å². The Kier molecular flexibility index (Phi) is 4.68. The molecule has 11 heteroatoms. The molecule has 0 unspecified atom stereocenters. The van der Waals surface area contributed by atoms with Crippen LogP contribution in [0.4, 0.5) is 5.88 Å². The van der Waals surface area contributed by atoms with Crippen molar-refractivity contribution in [3.05, 3.63) is 68.1 Å². The number of carbonyl (C=O) groups excluding carboxylic acids is 1. The number of nitro groups is 1. The van der Waals surface area contributed by atoms with Gasteiger partial charge in [0.05, 0.1) is 34.5 Å². The lowest BCUT2D eigenvalue weighted by Gasteiger charge is -2.04. The van der Waals surface area contributed by atoms with E-state index in [1.807, 2.05) is 0 Å². The summed E-state index contributed by atoms with van der Waals surface area (Å²) in [4.78, 5) is 21.7. The van der Waals surface area contributed by atoms with E-state index in [4.69, 9.17) is 27.6 Å². The first kappa shape index (κ1) is 16.9. The smallest absolute Gasteiger partial charge is 0.395 e. The molecule has 1 amide bonds. The summed E-state index contributed by atoms with van der Waals surface area (Å²) in [6.07, 6.45) is 1.57. The van der Waals surface area contributed by atoms with Crippen molar-refractivity contribution in [1.29, 1.82) is 0 Å². The van der Waals surface area contributed by atoms with Gasteiger partial charge in [0.2, 0.25) is 0 Å². The molecule has 0 bridgehead atoms. The molecule has 3 rings (SSSR count). The third-order valence-electron chi connectivity index (χ3n) is 3.14. The molecule has 0 spiro atoms. The average Bonchev–Trinajstić information content (AvgIpc) is 3.24. The van der Waals surface area contributed by atoms with Gasteiger partial charge in [0.15, 0.2) is 5.76 Å². The van der Waals surface area contributed by atoms with Crippen LogP contribution < -0.4 is 5.32 Å². The minimum Gasteiger partial charge on any atom is -0.395 e. The molecule has 2 heterocycles. The van der Waals surface area contributed by atoms with E-state index in [1.54, 1.807) is 24.4 Å². The number of benzene rings is 1. The van der Waals surface area contributed by atoms with Crippen LogP contribution in [0.5, 0.6) is 0 Å². The highest BCUT2D eigenvalue weighted by atomic mass is 35.5. The number of carbonyl (C=O) groups is 1. The van der Waals surface area contributed by atoms with Crippen molar-refractivity contribution in [2.45, 2.75) is 6.54 Å². The molecule has 128 valence electrons. The van der Waals surface area contributed by atoms with Gasteiger partial charge in [0.1, 0.15) is 10.6 Å². The maximum Gasteiger partial charge on any atom is 0.433 e. The summed E-state index contributed by atoms with van der Waals surface area (Å²) in [6.45, 7) is 0.0471. The zero-order valence-corrected chi connectivity index (χ0v) is 13.9. The Morgan fingerprint density at radius 2 is 2.12 bits per heavy atom. The quantitative estimate of drug-likeness (QED) is 0.536. The van der Waals surface area contributed by atoms with E-state index in [2.05, 4.69) is 15.6 Å². The standard InChI is InChI=1S/C14H9Cl2N5O4/c15-9-2-1-3-10(13(9)16)20-7-8(18-19-20)6-17-14(22)11-4-5-12(25-11)21(23)24/h1-5,7H,6H2,(H,17,22). The predicted octanol–water partition coefficient (Wildman–Crippen LogP) is 3.01. The first-order valence-electron chi connectivity index (χ1n) is 6.83. The van der Waals surface area contributed by atoms with Gasteiger partial charge in [0, 0.05) is 0 Å². The molecule has 0 saturated heterocycles. The molecule has 2 aromatic heterocycles. The third kappa shape index (κ3) is 3.62. The minimum absolute atomic E-state index is 0.0471. The van der Waals surface area contributed by atoms with Crippen LogP contribution in [0.1, 0.15) is 16.2 Å². The van der Waals surface area contributed by atoms with Crippen LogP contribution in [-0.2, 0) is 6.54 Å². The zero-order valence-electron chi connectivity index (χ0n) is 12.3. The summed E-state index contributed by atoms with van der Waals surface area (Å²) in [5.74, 6) is -1.29. The summed E-state index contributed by atoms with van der Waals surface area (Å²) >= 11 is 12.1. The van der Waals surface area contributed by atoms with E-state index in [0.717, 1.165) is 6.07 Å². The summed E-state index contributed by atoms with van der Waals surface area (Å²) in [7, 11) is 0. The van der Waals surface area contributed by atoms with Crippen molar-refractivity contribution >= 4 is 35.0 Å². The Hall–Kier alpha value is -2.91. The average molecular weight is 382 g/mol. The normalized spacial score (nSPS) is 10.6. The summed E-state index contributed by atoms with van der Waals surface area (Å²) in [6, 6.07) is 7.40. The monoisotopic (exact) mass is 381 g/mol. The lowest BCUT2D eigenvalue weighted by atomic mass is 10.3. The summed E-state index contributed by atoms with van der Waals surface area (Å²) in [5, 5.41) is 21.6. The lowest BCUT2D eigenvalue weighted by Crippen LogP contribution is -2.22. The predicted molar refractivity (Wildman–Crippen MR) is 87.9 cm³/mol. The van der Waals surface area contributed by atoms with Crippen molar-refractivity contribution in [1.82, 2.24) is 20.3 Å². The van der Waals surface area contributed by atoms with Crippen molar-refractivity contribution in [2.75, 3.05) is 0 Å². The van der Waals surface area contributed by atoms with E-state index < -0.39 is 16.7 Å². The molecule has 25 heavy (non-hydrogen) atoms. The van der Waals surface area contributed by atoms with E-state index in [9.17, 15) is 14.9 Å². The number of hydrogen-bond donors (Lipinski definition) is 1. The molecule has 0 atom stereocenters. The van der Waals surface area contributed by atoms with Crippen LogP contribution >= 0.6 is 23.2 Å². The number of nitrogens with zero attached hydrogens (tertiary/aromatic N) is 4. The van der Waals surface area contributed by atoms with Gasteiger partial charge in [-0.15, -0.1) is 5.10 Å². The highest BCUT2D eigenvalue weighted by Crippen LogP contribution is 2.27. The van der Waals surface area contributed by atoms with Crippen LogP contribution in [0.2, 0.25) is 10.0 Å². The molecule has 0 fully saturated rings. The molecule has 3 aromatic rings. The maximum absolute atomic E-state index is 11.9. The summed E-state index contributed by atoms with van der Waals surface area (Å²) < 4.78 is 6.24. The van der Waals surface area contributed by atoms with Crippen molar-refractivity contribution in [3.63, 3.8) is 0 Å². The number of hydrogen-bond acceptors (Lipinski definition) is 6. The minimum atomic E-state index is -0.725. The first-order valence-corrected chi connectivity index (χ1v) is 7.59. The fourth-order valence-electron chi connectivity index (χ4n) is 1.97. The Morgan fingerprint density at radius 1 is 1.32 bits per heavy atom. The third-order valence-corrected chi connectivity index (χ3v) is 3.95. The Morgan fingerprint density at radius 3 is 2.84 bits per heavy atom. The van der Waals surface area contributed by atoms with Gasteiger partial charge in [-0.25, -0.2) is 4.68 Å². The highest BCUT2D eigenvalue weighted by Gasteiger charge is 2.17. The molecular formula is C14H9Cl2N5O4. The second kappa shape index (κ2) is 6.91. The van der Waals surface area contributed by atoms with Gasteiger partial charge in [-0.05, 0) is 18.2 Å². The number of furan rings is 1. The molecule has 0 saturated carbocycles. The van der Waals surface area contributed by atoms with Crippen LogP contribution in [0.25, 0.3) is 5.69 Å². The molecular weight excluding hydrogens is 373 g/mol. The molecule has 1 aromatic carbocycles. The first-order chi connectivity index (χ1) is 12.0. The summed E-state index contributed by atoms with van der Waals surface area (Å²) in [5.41, 5.74) is 0.992. The van der Waals surface area contributed by atoms with Crippen LogP contribution in [-0.4, -0.2) is 25.8 Å². The second-order valence-electron chi connectivity index (χ2n) is 4.81. The van der Waals surface area contributed by atoms with Gasteiger partial charge < -0.3 is 9.73 Å². The topological polar surface area (TPSA) is 116 Å². The van der Waals surface area contributed by atoms with Crippen LogP contribution in [0.15, 0.2) is 40.9 Å². The molecule has 0 radical (unpaired) electrons. The number of nitrogens with one attached hydrogen (secondary N) is 1. The van der Waals surface area contributed by atoms with Gasteiger partial charge >= 0.3 is 5.88 Å². The van der Waals surface area contributed by atoms with Crippen molar-refractivity contribution in [2.24, 2.45) is 0 Å². The van der Waals surface area contributed by atoms with E-state index in [1.165, 1.54) is 10.7 Å². The molecule has 0 aliphatic rings. The van der Waals surface area contributed by atoms with Gasteiger partial charge in [0.25, 0.3) is 5.91 Å². The molecule has 9 nitrogen and oxygen atoms in total. The largest absolute Gasteiger partial charge is 0.433 e. The van der Waals surface area contributed by atoms with E-state index >= 15 is 0 Å². The Bertz CT molecular complexity index is 952. The fourth-order valence-corrected chi connectivity index (χ4v) is 2.35. The Balaban J connectivity index is 1.68. The zero-order chi connectivity index (χ0) is 18.0. The maximum atomic E-state index is 11.9. The van der Waals surface area contributed by atoms with Gasteiger partial charge in [-0.1, -0.05) is 34.5 Å². The Labute approximate surface area is 150 Å². The van der Waals surface area contributed by atoms with Gasteiger partial charge in [-0.3, -0.25) is 14.9 Å². The van der Waals surface area contributed by atoms with Crippen LogP contribution in [0, 0.1) is 10.1 Å². The second-order valence-corrected chi connectivity index (χ2v) is 5.59. The highest BCUT2D eigenvalue weighted by molar-refractivity contribution is 6.43. The van der Waals surface area contributed by atoms with Crippen LogP contribution in [0.3, 0.4) is 0 Å². The molecule has 1 N–H and O–H groups in total. The fraction of sp³-hybridized carbons (Fsp3) is 0.0714. The van der Waals surface area contributed by atoms with Crippen molar-refractivity contribution < 1.29 is 14.1 Å². The number of rotatable bonds is 5. The lowest BCUT2D eigenvalue weighted by molar-refractivity contribution is -0.402. The molecule has 0 aliphatic heterocycles. The number of amides is 1. The van der Waals surface area contributed by atoms with Crippen molar-refractivity contribution in [3.8, 4) is 5.69 Å². The number of aromatic nitrogens is 3. The number of halogens is 2. The van der Waals surface area contributed by atoms with E-state index in [0.29, 0.717) is 21.4 Å². The molecule has 0 aliphatic carbocycles. The van der Waals surface area contributed by atoms with Gasteiger partial charge in [-0.2, -0.15) is 0 Å².